The van der Waals surface area contributed by atoms with Crippen LogP contribution in [0.1, 0.15) is 15.9 Å². The summed E-state index contributed by atoms with van der Waals surface area (Å²) in [5, 5.41) is 0. The maximum Gasteiger partial charge on any atom is 0.257 e. The summed E-state index contributed by atoms with van der Waals surface area (Å²) in [6.45, 7) is 2.19. The normalized spacial score (nSPS) is 15.0. The van der Waals surface area contributed by atoms with E-state index in [1.807, 2.05) is 17.0 Å². The van der Waals surface area contributed by atoms with E-state index in [0.29, 0.717) is 12.1 Å². The Morgan fingerprint density at radius 1 is 1.21 bits per heavy atom. The van der Waals surface area contributed by atoms with Gasteiger partial charge < -0.3 is 14.2 Å². The Hall–Kier alpha value is -2.23. The van der Waals surface area contributed by atoms with Gasteiger partial charge in [-0.1, -0.05) is 18.2 Å². The van der Waals surface area contributed by atoms with E-state index in [4.69, 9.17) is 4.42 Å². The Morgan fingerprint density at radius 2 is 2.05 bits per heavy atom. The number of furan rings is 1. The third-order valence-electron chi connectivity index (χ3n) is 3.52. The van der Waals surface area contributed by atoms with E-state index in [2.05, 4.69) is 24.1 Å². The largest absolute Gasteiger partial charge is 0.472 e. The van der Waals surface area contributed by atoms with Crippen molar-refractivity contribution in [3.8, 4) is 0 Å². The Balaban J connectivity index is 1.89. The van der Waals surface area contributed by atoms with E-state index in [-0.39, 0.29) is 5.91 Å². The molecular weight excluding hydrogens is 240 g/mol. The number of para-hydroxylation sites is 1. The molecule has 0 spiro atoms. The van der Waals surface area contributed by atoms with Crippen LogP contribution in [0.25, 0.3) is 0 Å². The number of hydrogen-bond donors (Lipinski definition) is 0. The summed E-state index contributed by atoms with van der Waals surface area (Å²) in [5.41, 5.74) is 2.99. The van der Waals surface area contributed by atoms with Crippen molar-refractivity contribution in [1.82, 2.24) is 4.90 Å². The number of fused-ring (bicyclic) bond motifs is 1. The van der Waals surface area contributed by atoms with Crippen molar-refractivity contribution in [1.29, 1.82) is 0 Å². The first-order chi connectivity index (χ1) is 9.25. The third-order valence-corrected chi connectivity index (χ3v) is 3.52. The van der Waals surface area contributed by atoms with E-state index in [1.54, 1.807) is 6.07 Å². The van der Waals surface area contributed by atoms with Gasteiger partial charge in [0.05, 0.1) is 11.8 Å². The molecule has 0 saturated carbocycles. The molecule has 19 heavy (non-hydrogen) atoms. The monoisotopic (exact) mass is 256 g/mol. The zero-order chi connectivity index (χ0) is 13.2. The Morgan fingerprint density at radius 3 is 2.84 bits per heavy atom. The first kappa shape index (κ1) is 11.8. The summed E-state index contributed by atoms with van der Waals surface area (Å²) < 4.78 is 4.99. The molecule has 1 aromatic carbocycles. The highest BCUT2D eigenvalue weighted by Gasteiger charge is 2.22. The van der Waals surface area contributed by atoms with Gasteiger partial charge in [-0.25, -0.2) is 0 Å². The highest BCUT2D eigenvalue weighted by Crippen LogP contribution is 2.24. The van der Waals surface area contributed by atoms with Crippen LogP contribution >= 0.6 is 0 Å². The minimum atomic E-state index is 0.0267. The number of carbonyl (C=O) groups excluding carboxylic acids is 1. The number of carbonyl (C=O) groups is 1. The molecule has 0 unspecified atom stereocenters. The molecule has 0 atom stereocenters. The van der Waals surface area contributed by atoms with Gasteiger partial charge in [0.15, 0.2) is 0 Å². The van der Waals surface area contributed by atoms with Crippen LogP contribution in [0.2, 0.25) is 0 Å². The van der Waals surface area contributed by atoms with Crippen molar-refractivity contribution in [2.75, 3.05) is 25.0 Å². The van der Waals surface area contributed by atoms with Crippen LogP contribution in [0.5, 0.6) is 0 Å². The van der Waals surface area contributed by atoms with E-state index in [1.165, 1.54) is 23.8 Å². The van der Waals surface area contributed by atoms with Gasteiger partial charge >= 0.3 is 0 Å². The van der Waals surface area contributed by atoms with E-state index < -0.39 is 0 Å². The summed E-state index contributed by atoms with van der Waals surface area (Å²) >= 11 is 0. The number of likely N-dealkylation sites (N-methyl/N-ethyl adjacent to an activating group) is 1. The number of amides is 1. The first-order valence-corrected chi connectivity index (χ1v) is 6.36. The highest BCUT2D eigenvalue weighted by atomic mass is 16.3. The van der Waals surface area contributed by atoms with Crippen molar-refractivity contribution in [2.45, 2.75) is 6.54 Å². The van der Waals surface area contributed by atoms with Gasteiger partial charge in [0.25, 0.3) is 5.91 Å². The smallest absolute Gasteiger partial charge is 0.257 e. The maximum absolute atomic E-state index is 12.4. The molecule has 4 nitrogen and oxygen atoms in total. The summed E-state index contributed by atoms with van der Waals surface area (Å²) in [4.78, 5) is 16.4. The molecule has 1 aliphatic rings. The van der Waals surface area contributed by atoms with Crippen LogP contribution in [0.15, 0.2) is 47.3 Å². The van der Waals surface area contributed by atoms with Crippen molar-refractivity contribution < 1.29 is 9.21 Å². The molecule has 0 bridgehead atoms. The fraction of sp³-hybridized carbons (Fsp3) is 0.267. The fourth-order valence-corrected chi connectivity index (χ4v) is 2.43. The van der Waals surface area contributed by atoms with Crippen molar-refractivity contribution in [3.63, 3.8) is 0 Å². The van der Waals surface area contributed by atoms with Gasteiger partial charge in [-0.15, -0.1) is 0 Å². The Kier molecular flexibility index (Phi) is 2.99. The molecule has 1 aromatic heterocycles. The molecule has 2 aromatic rings. The maximum atomic E-state index is 12.4. The molecule has 0 aliphatic carbocycles. The standard InChI is InChI=1S/C15H16N2O2/c1-16-7-8-17(15(18)13-6-9-19-11-13)10-12-4-2-3-5-14(12)16/h2-6,9,11H,7-8,10H2,1H3. The van der Waals surface area contributed by atoms with Crippen molar-refractivity contribution in [3.05, 3.63) is 54.0 Å². The van der Waals surface area contributed by atoms with Gasteiger partial charge in [0.2, 0.25) is 0 Å². The molecule has 2 heterocycles. The molecule has 0 saturated heterocycles. The van der Waals surface area contributed by atoms with Gasteiger partial charge in [-0.05, 0) is 17.7 Å². The van der Waals surface area contributed by atoms with Gasteiger partial charge in [0, 0.05) is 32.4 Å². The number of hydrogen-bond acceptors (Lipinski definition) is 3. The molecule has 3 rings (SSSR count). The minimum absolute atomic E-state index is 0.0267. The lowest BCUT2D eigenvalue weighted by atomic mass is 10.1. The highest BCUT2D eigenvalue weighted by molar-refractivity contribution is 5.94. The summed E-state index contributed by atoms with van der Waals surface area (Å²) in [6.07, 6.45) is 3.04. The van der Waals surface area contributed by atoms with Crippen LogP contribution in [0.3, 0.4) is 0 Å². The Bertz CT molecular complexity index is 578. The molecular formula is C15H16N2O2. The van der Waals surface area contributed by atoms with E-state index in [0.717, 1.165) is 13.1 Å². The lowest BCUT2D eigenvalue weighted by Gasteiger charge is -2.20. The third kappa shape index (κ3) is 2.21. The second kappa shape index (κ2) is 4.80. The molecule has 0 N–H and O–H groups in total. The van der Waals surface area contributed by atoms with Crippen LogP contribution in [0.4, 0.5) is 5.69 Å². The van der Waals surface area contributed by atoms with Gasteiger partial charge in [0.1, 0.15) is 6.26 Å². The zero-order valence-corrected chi connectivity index (χ0v) is 10.9. The number of benzene rings is 1. The number of rotatable bonds is 1. The number of nitrogens with zero attached hydrogens (tertiary/aromatic N) is 2. The summed E-state index contributed by atoms with van der Waals surface area (Å²) in [5.74, 6) is 0.0267. The first-order valence-electron chi connectivity index (χ1n) is 6.36. The lowest BCUT2D eigenvalue weighted by Crippen LogP contribution is -2.34. The second-order valence-electron chi connectivity index (χ2n) is 4.79. The van der Waals surface area contributed by atoms with Gasteiger partial charge in [-0.2, -0.15) is 0 Å². The Labute approximate surface area is 112 Å². The van der Waals surface area contributed by atoms with Crippen LogP contribution in [0, 0.1) is 0 Å². The quantitative estimate of drug-likeness (QED) is 0.786. The van der Waals surface area contributed by atoms with Crippen LogP contribution < -0.4 is 4.90 Å². The molecule has 1 aliphatic heterocycles. The summed E-state index contributed by atoms with van der Waals surface area (Å²) in [6, 6.07) is 9.93. The predicted molar refractivity (Wildman–Crippen MR) is 73.2 cm³/mol. The summed E-state index contributed by atoms with van der Waals surface area (Å²) in [7, 11) is 2.06. The molecule has 1 amide bonds. The zero-order valence-electron chi connectivity index (χ0n) is 10.9. The van der Waals surface area contributed by atoms with Crippen molar-refractivity contribution >= 4 is 11.6 Å². The van der Waals surface area contributed by atoms with Crippen LogP contribution in [-0.2, 0) is 6.54 Å². The average Bonchev–Trinajstić information content (AvgIpc) is 2.91. The average molecular weight is 256 g/mol. The van der Waals surface area contributed by atoms with Crippen LogP contribution in [-0.4, -0.2) is 30.9 Å². The second-order valence-corrected chi connectivity index (χ2v) is 4.79. The lowest BCUT2D eigenvalue weighted by molar-refractivity contribution is 0.0751. The molecule has 98 valence electrons. The van der Waals surface area contributed by atoms with Crippen molar-refractivity contribution in [2.24, 2.45) is 0 Å². The molecule has 4 heteroatoms. The number of anilines is 1. The predicted octanol–water partition coefficient (Wildman–Crippen LogP) is 2.37. The molecule has 0 radical (unpaired) electrons. The topological polar surface area (TPSA) is 36.7 Å². The van der Waals surface area contributed by atoms with E-state index in [9.17, 15) is 4.79 Å². The van der Waals surface area contributed by atoms with Gasteiger partial charge in [-0.3, -0.25) is 4.79 Å². The molecule has 0 fully saturated rings. The fourth-order valence-electron chi connectivity index (χ4n) is 2.43. The minimum Gasteiger partial charge on any atom is -0.472 e. The van der Waals surface area contributed by atoms with E-state index >= 15 is 0 Å². The SMILES string of the molecule is CN1CCN(C(=O)c2ccoc2)Cc2ccccc21.